The largest absolute Gasteiger partial charge is 0.305 e. The van der Waals surface area contributed by atoms with Crippen molar-refractivity contribution in [2.24, 2.45) is 5.90 Å². The Labute approximate surface area is 85.8 Å². The summed E-state index contributed by atoms with van der Waals surface area (Å²) in [5.74, 6) is 3.71. The topological polar surface area (TPSA) is 78.4 Å². The van der Waals surface area contributed by atoms with Crippen LogP contribution in [0.15, 0.2) is 18.2 Å². The molecule has 1 rings (SSSR count). The monoisotopic (exact) mass is 214 g/mol. The molecule has 0 fully saturated rings. The first-order chi connectivity index (χ1) is 7.07. The molecule has 0 saturated heterocycles. The van der Waals surface area contributed by atoms with Gasteiger partial charge in [0.1, 0.15) is 0 Å². The minimum absolute atomic E-state index is 0.109. The molecule has 15 heavy (non-hydrogen) atoms. The van der Waals surface area contributed by atoms with Crippen molar-refractivity contribution in [1.82, 2.24) is 0 Å². The van der Waals surface area contributed by atoms with Crippen LogP contribution in [-0.4, -0.2) is 11.5 Å². The predicted octanol–water partition coefficient (Wildman–Crippen LogP) is 1.73. The zero-order chi connectivity index (χ0) is 11.4. The second-order valence-electron chi connectivity index (χ2n) is 3.17. The maximum absolute atomic E-state index is 13.6. The molecule has 6 heteroatoms. The third kappa shape index (κ3) is 2.48. The van der Waals surface area contributed by atoms with Crippen molar-refractivity contribution in [1.29, 1.82) is 0 Å². The van der Waals surface area contributed by atoms with E-state index in [0.29, 0.717) is 0 Å². The van der Waals surface area contributed by atoms with Gasteiger partial charge in [-0.3, -0.25) is 10.1 Å². The fourth-order valence-electron chi connectivity index (χ4n) is 1.29. The highest BCUT2D eigenvalue weighted by Crippen LogP contribution is 2.25. The lowest BCUT2D eigenvalue weighted by molar-refractivity contribution is -0.387. The number of nitrogens with two attached hydrogens (primary N) is 1. The van der Waals surface area contributed by atoms with Gasteiger partial charge >= 0.3 is 5.69 Å². The van der Waals surface area contributed by atoms with E-state index in [2.05, 4.69) is 4.84 Å². The van der Waals surface area contributed by atoms with E-state index in [9.17, 15) is 14.5 Å². The number of rotatable bonds is 4. The minimum Gasteiger partial charge on any atom is -0.304 e. The van der Waals surface area contributed by atoms with E-state index in [0.717, 1.165) is 6.07 Å². The maximum Gasteiger partial charge on any atom is 0.305 e. The molecular formula is C9H11FN2O3. The molecule has 0 aliphatic heterocycles. The second-order valence-corrected chi connectivity index (χ2v) is 3.17. The lowest BCUT2D eigenvalue weighted by Crippen LogP contribution is -2.10. The Kier molecular flexibility index (Phi) is 3.70. The lowest BCUT2D eigenvalue weighted by Gasteiger charge is -2.10. The Hall–Kier alpha value is -1.53. The number of benzene rings is 1. The fraction of sp³-hybridized carbons (Fsp3) is 0.333. The zero-order valence-corrected chi connectivity index (χ0v) is 8.14. The van der Waals surface area contributed by atoms with Crippen molar-refractivity contribution < 1.29 is 14.2 Å². The molecule has 0 heterocycles. The summed E-state index contributed by atoms with van der Waals surface area (Å²) in [7, 11) is 0. The molecule has 0 spiro atoms. The number of nitro groups is 1. The molecule has 2 N–H and O–H groups in total. The van der Waals surface area contributed by atoms with Crippen LogP contribution in [0.5, 0.6) is 0 Å². The van der Waals surface area contributed by atoms with E-state index in [1.807, 2.05) is 0 Å². The number of nitro benzene ring substituents is 1. The van der Waals surface area contributed by atoms with Crippen LogP contribution < -0.4 is 5.90 Å². The van der Waals surface area contributed by atoms with Crippen LogP contribution in [0.3, 0.4) is 0 Å². The van der Waals surface area contributed by atoms with Crippen LogP contribution in [-0.2, 0) is 4.84 Å². The highest BCUT2D eigenvalue weighted by Gasteiger charge is 2.20. The Morgan fingerprint density at radius 1 is 1.67 bits per heavy atom. The average molecular weight is 214 g/mol. The molecule has 1 aromatic carbocycles. The van der Waals surface area contributed by atoms with E-state index >= 15 is 0 Å². The third-order valence-corrected chi connectivity index (χ3v) is 2.08. The Bertz CT molecular complexity index is 370. The summed E-state index contributed by atoms with van der Waals surface area (Å²) in [5, 5.41) is 10.5. The third-order valence-electron chi connectivity index (χ3n) is 2.08. The first kappa shape index (κ1) is 11.5. The summed E-state index contributed by atoms with van der Waals surface area (Å²) < 4.78 is 13.6. The van der Waals surface area contributed by atoms with Crippen LogP contribution in [0.2, 0.25) is 0 Å². The average Bonchev–Trinajstić information content (AvgIpc) is 2.17. The van der Waals surface area contributed by atoms with Gasteiger partial charge in [0.15, 0.2) is 0 Å². The second kappa shape index (κ2) is 4.81. The van der Waals surface area contributed by atoms with Crippen LogP contribution in [0.4, 0.5) is 10.1 Å². The standard InChI is InChI=1S/C9H11FN2O3/c1-6(5-15-11)7-3-2-4-8(9(7)10)12(13)14/h2-4,6H,5,11H2,1H3. The quantitative estimate of drug-likeness (QED) is 0.611. The molecule has 1 unspecified atom stereocenters. The van der Waals surface area contributed by atoms with Crippen LogP contribution >= 0.6 is 0 Å². The SMILES string of the molecule is CC(CON)c1cccc([N+](=O)[O-])c1F. The molecule has 0 aromatic heterocycles. The lowest BCUT2D eigenvalue weighted by atomic mass is 10.0. The van der Waals surface area contributed by atoms with Crippen molar-refractivity contribution in [2.45, 2.75) is 12.8 Å². The van der Waals surface area contributed by atoms with Gasteiger partial charge in [-0.05, 0) is 0 Å². The normalized spacial score (nSPS) is 12.5. The molecule has 5 nitrogen and oxygen atoms in total. The Morgan fingerprint density at radius 3 is 2.87 bits per heavy atom. The molecule has 0 bridgehead atoms. The van der Waals surface area contributed by atoms with Gasteiger partial charge in [-0.15, -0.1) is 0 Å². The molecule has 0 aliphatic rings. The number of halogens is 1. The summed E-state index contributed by atoms with van der Waals surface area (Å²) in [6.07, 6.45) is 0. The Balaban J connectivity index is 3.09. The van der Waals surface area contributed by atoms with Crippen molar-refractivity contribution >= 4 is 5.69 Å². The molecule has 1 aromatic rings. The first-order valence-corrected chi connectivity index (χ1v) is 4.32. The summed E-state index contributed by atoms with van der Waals surface area (Å²) in [4.78, 5) is 14.1. The summed E-state index contributed by atoms with van der Waals surface area (Å²) in [6, 6.07) is 4.03. The van der Waals surface area contributed by atoms with Crippen LogP contribution in [0.1, 0.15) is 18.4 Å². The van der Waals surface area contributed by atoms with Crippen LogP contribution in [0.25, 0.3) is 0 Å². The number of nitrogens with zero attached hydrogens (tertiary/aromatic N) is 1. The Morgan fingerprint density at radius 2 is 2.33 bits per heavy atom. The van der Waals surface area contributed by atoms with E-state index in [1.165, 1.54) is 12.1 Å². The molecule has 0 saturated carbocycles. The molecule has 1 atom stereocenters. The van der Waals surface area contributed by atoms with Gasteiger partial charge in [0.2, 0.25) is 5.82 Å². The fourth-order valence-corrected chi connectivity index (χ4v) is 1.29. The van der Waals surface area contributed by atoms with E-state index in [4.69, 9.17) is 5.90 Å². The van der Waals surface area contributed by atoms with Crippen molar-refractivity contribution in [3.05, 3.63) is 39.7 Å². The van der Waals surface area contributed by atoms with E-state index < -0.39 is 16.4 Å². The molecule has 0 radical (unpaired) electrons. The minimum atomic E-state index is -0.827. The molecule has 0 amide bonds. The summed E-state index contributed by atoms with van der Waals surface area (Å²) in [6.45, 7) is 1.78. The molecular weight excluding hydrogens is 203 g/mol. The highest BCUT2D eigenvalue weighted by molar-refractivity contribution is 5.38. The van der Waals surface area contributed by atoms with Gasteiger partial charge in [-0.2, -0.15) is 4.39 Å². The number of hydrogen-bond acceptors (Lipinski definition) is 4. The van der Waals surface area contributed by atoms with E-state index in [-0.39, 0.29) is 18.1 Å². The van der Waals surface area contributed by atoms with Crippen molar-refractivity contribution in [2.75, 3.05) is 6.61 Å². The van der Waals surface area contributed by atoms with Gasteiger partial charge in [0.05, 0.1) is 11.5 Å². The van der Waals surface area contributed by atoms with Crippen molar-refractivity contribution in [3.63, 3.8) is 0 Å². The summed E-state index contributed by atoms with van der Waals surface area (Å²) in [5.41, 5.74) is -0.300. The van der Waals surface area contributed by atoms with Gasteiger partial charge in [0, 0.05) is 17.5 Å². The van der Waals surface area contributed by atoms with Crippen molar-refractivity contribution in [3.8, 4) is 0 Å². The smallest absolute Gasteiger partial charge is 0.304 e. The van der Waals surface area contributed by atoms with Gasteiger partial charge in [-0.25, -0.2) is 5.90 Å². The highest BCUT2D eigenvalue weighted by atomic mass is 19.1. The number of hydrogen-bond donors (Lipinski definition) is 1. The molecule has 0 aliphatic carbocycles. The molecule has 82 valence electrons. The predicted molar refractivity (Wildman–Crippen MR) is 51.6 cm³/mol. The maximum atomic E-state index is 13.6. The van der Waals surface area contributed by atoms with Gasteiger partial charge in [0.25, 0.3) is 0 Å². The van der Waals surface area contributed by atoms with E-state index in [1.54, 1.807) is 6.92 Å². The summed E-state index contributed by atoms with van der Waals surface area (Å²) >= 11 is 0. The zero-order valence-electron chi connectivity index (χ0n) is 8.14. The van der Waals surface area contributed by atoms with Crippen LogP contribution in [0, 0.1) is 15.9 Å². The first-order valence-electron chi connectivity index (χ1n) is 4.32. The van der Waals surface area contributed by atoms with Gasteiger partial charge < -0.3 is 4.84 Å². The van der Waals surface area contributed by atoms with Gasteiger partial charge in [-0.1, -0.05) is 19.1 Å².